The standard InChI is InChI=1S/C44H40N2/c1-29-17-21-39-35(25-29)43(3,4)37-27-31(19-23-41(37)45(39)33-13-9-7-10-14-33)32-20-24-42-38(28-32)44(5,6)36-26-30(2)18-22-40(36)46(42)34-15-11-8-12-16-34/h7-28H,1-6H3. The number of aryl methyl sites for hydroxylation is 2. The molecule has 0 atom stereocenters. The number of hydrogen-bond donors (Lipinski definition) is 0. The lowest BCUT2D eigenvalue weighted by Crippen LogP contribution is -2.31. The quantitative estimate of drug-likeness (QED) is 0.200. The van der Waals surface area contributed by atoms with Gasteiger partial charge < -0.3 is 9.80 Å². The Hall–Kier alpha value is -5.08. The molecule has 0 fully saturated rings. The minimum absolute atomic E-state index is 0.161. The minimum atomic E-state index is -0.161. The Morgan fingerprint density at radius 1 is 0.370 bits per heavy atom. The Balaban J connectivity index is 1.31. The molecular weight excluding hydrogens is 556 g/mol. The van der Waals surface area contributed by atoms with Gasteiger partial charge >= 0.3 is 0 Å². The van der Waals surface area contributed by atoms with E-state index in [1.807, 2.05) is 0 Å². The second-order valence-electron chi connectivity index (χ2n) is 14.1. The normalized spacial score (nSPS) is 15.4. The highest BCUT2D eigenvalue weighted by molar-refractivity contribution is 5.90. The molecular formula is C44H40N2. The molecule has 0 radical (unpaired) electrons. The van der Waals surface area contributed by atoms with Crippen molar-refractivity contribution in [2.24, 2.45) is 0 Å². The van der Waals surface area contributed by atoms with Crippen LogP contribution in [0.25, 0.3) is 11.1 Å². The topological polar surface area (TPSA) is 6.48 Å². The fraction of sp³-hybridized carbons (Fsp3) is 0.182. The molecule has 6 aromatic rings. The molecule has 0 amide bonds. The molecule has 0 spiro atoms. The number of fused-ring (bicyclic) bond motifs is 4. The van der Waals surface area contributed by atoms with E-state index in [1.54, 1.807) is 0 Å². The second-order valence-corrected chi connectivity index (χ2v) is 14.1. The van der Waals surface area contributed by atoms with Crippen LogP contribution in [0, 0.1) is 13.8 Å². The molecule has 2 heterocycles. The van der Waals surface area contributed by atoms with Crippen molar-refractivity contribution >= 4 is 34.1 Å². The zero-order valence-corrected chi connectivity index (χ0v) is 27.6. The molecule has 0 aliphatic carbocycles. The molecule has 0 unspecified atom stereocenters. The molecule has 6 aromatic carbocycles. The van der Waals surface area contributed by atoms with Gasteiger partial charge in [0.2, 0.25) is 0 Å². The van der Waals surface area contributed by atoms with Crippen LogP contribution in [0.2, 0.25) is 0 Å². The summed E-state index contributed by atoms with van der Waals surface area (Å²) in [5, 5.41) is 0. The van der Waals surface area contributed by atoms with Crippen LogP contribution in [0.1, 0.15) is 61.1 Å². The van der Waals surface area contributed by atoms with Crippen molar-refractivity contribution in [2.45, 2.75) is 52.4 Å². The Kier molecular flexibility index (Phi) is 6.31. The first-order valence-electron chi connectivity index (χ1n) is 16.4. The van der Waals surface area contributed by atoms with Crippen molar-refractivity contribution in [2.75, 3.05) is 9.80 Å². The lowest BCUT2D eigenvalue weighted by atomic mass is 9.71. The second kappa shape index (κ2) is 10.2. The lowest BCUT2D eigenvalue weighted by Gasteiger charge is -2.43. The van der Waals surface area contributed by atoms with Gasteiger partial charge in [-0.05, 0) is 108 Å². The highest BCUT2D eigenvalue weighted by atomic mass is 15.2. The van der Waals surface area contributed by atoms with Gasteiger partial charge in [-0.2, -0.15) is 0 Å². The summed E-state index contributed by atoms with van der Waals surface area (Å²) in [5.74, 6) is 0. The zero-order valence-electron chi connectivity index (χ0n) is 27.6. The summed E-state index contributed by atoms with van der Waals surface area (Å²) >= 11 is 0. The van der Waals surface area contributed by atoms with Gasteiger partial charge in [-0.25, -0.2) is 0 Å². The molecule has 0 saturated carbocycles. The highest BCUT2D eigenvalue weighted by Crippen LogP contribution is 2.55. The third kappa shape index (κ3) is 4.24. The fourth-order valence-corrected chi connectivity index (χ4v) is 7.77. The number of benzene rings is 6. The number of anilines is 6. The Bertz CT molecular complexity index is 1970. The van der Waals surface area contributed by atoms with Crippen molar-refractivity contribution in [3.8, 4) is 11.1 Å². The first-order valence-corrected chi connectivity index (χ1v) is 16.4. The van der Waals surface area contributed by atoms with Gasteiger partial charge in [0.05, 0.1) is 22.7 Å². The number of rotatable bonds is 3. The molecule has 2 aliphatic rings. The van der Waals surface area contributed by atoms with Crippen LogP contribution >= 0.6 is 0 Å². The molecule has 0 saturated heterocycles. The molecule has 2 heteroatoms. The molecule has 0 N–H and O–H groups in total. The van der Waals surface area contributed by atoms with E-state index in [4.69, 9.17) is 0 Å². The van der Waals surface area contributed by atoms with Crippen molar-refractivity contribution in [3.63, 3.8) is 0 Å². The van der Waals surface area contributed by atoms with E-state index < -0.39 is 0 Å². The summed E-state index contributed by atoms with van der Waals surface area (Å²) in [6.45, 7) is 13.9. The van der Waals surface area contributed by atoms with Gasteiger partial charge in [0.1, 0.15) is 0 Å². The van der Waals surface area contributed by atoms with Crippen molar-refractivity contribution in [3.05, 3.63) is 167 Å². The smallest absolute Gasteiger partial charge is 0.0503 e. The molecule has 46 heavy (non-hydrogen) atoms. The Morgan fingerprint density at radius 3 is 1.07 bits per heavy atom. The maximum Gasteiger partial charge on any atom is 0.0503 e. The summed E-state index contributed by atoms with van der Waals surface area (Å²) in [6.07, 6.45) is 0. The minimum Gasteiger partial charge on any atom is -0.310 e. The van der Waals surface area contributed by atoms with Crippen LogP contribution < -0.4 is 9.80 Å². The molecule has 226 valence electrons. The SMILES string of the molecule is Cc1ccc2c(c1)C(C)(C)c1cc(-c3ccc4c(c3)C(C)(C)c3cc(C)ccc3N4c3ccccc3)ccc1N2c1ccccc1. The van der Waals surface area contributed by atoms with Gasteiger partial charge in [-0.15, -0.1) is 0 Å². The van der Waals surface area contributed by atoms with Crippen LogP contribution in [0.4, 0.5) is 34.1 Å². The van der Waals surface area contributed by atoms with Crippen LogP contribution in [0.5, 0.6) is 0 Å². The first kappa shape index (κ1) is 28.4. The average molecular weight is 597 g/mol. The van der Waals surface area contributed by atoms with Crippen molar-refractivity contribution in [1.82, 2.24) is 0 Å². The van der Waals surface area contributed by atoms with Gasteiger partial charge in [0.25, 0.3) is 0 Å². The van der Waals surface area contributed by atoms with E-state index >= 15 is 0 Å². The number of nitrogens with zero attached hydrogens (tertiary/aromatic N) is 2. The fourth-order valence-electron chi connectivity index (χ4n) is 7.77. The summed E-state index contributed by atoms with van der Waals surface area (Å²) < 4.78 is 0. The van der Waals surface area contributed by atoms with Crippen LogP contribution in [-0.4, -0.2) is 0 Å². The van der Waals surface area contributed by atoms with E-state index in [1.165, 1.54) is 78.6 Å². The summed E-state index contributed by atoms with van der Waals surface area (Å²) in [5.41, 5.74) is 17.5. The third-order valence-corrected chi connectivity index (χ3v) is 10.3. The summed E-state index contributed by atoms with van der Waals surface area (Å²) in [6, 6.07) is 49.5. The average Bonchev–Trinajstić information content (AvgIpc) is 3.06. The molecule has 0 aromatic heterocycles. The molecule has 0 bridgehead atoms. The summed E-state index contributed by atoms with van der Waals surface area (Å²) in [7, 11) is 0. The zero-order chi connectivity index (χ0) is 31.8. The maximum absolute atomic E-state index is 2.45. The number of para-hydroxylation sites is 2. The predicted octanol–water partition coefficient (Wildman–Crippen LogP) is 12.2. The Labute approximate surface area is 273 Å². The number of hydrogen-bond acceptors (Lipinski definition) is 2. The summed E-state index contributed by atoms with van der Waals surface area (Å²) in [4.78, 5) is 4.87. The molecule has 2 nitrogen and oxygen atoms in total. The first-order chi connectivity index (χ1) is 22.1. The van der Waals surface area contributed by atoms with Gasteiger partial charge in [0, 0.05) is 22.2 Å². The van der Waals surface area contributed by atoms with Crippen molar-refractivity contribution in [1.29, 1.82) is 0 Å². The lowest BCUT2D eigenvalue weighted by molar-refractivity contribution is 0.630. The molecule has 2 aliphatic heterocycles. The highest BCUT2D eigenvalue weighted by Gasteiger charge is 2.39. The van der Waals surface area contributed by atoms with Crippen molar-refractivity contribution < 1.29 is 0 Å². The predicted molar refractivity (Wildman–Crippen MR) is 195 cm³/mol. The van der Waals surface area contributed by atoms with E-state index in [9.17, 15) is 0 Å². The van der Waals surface area contributed by atoms with Gasteiger partial charge in [-0.1, -0.05) is 112 Å². The third-order valence-electron chi connectivity index (χ3n) is 10.3. The molecule has 8 rings (SSSR count). The van der Waals surface area contributed by atoms with E-state index in [2.05, 4.69) is 185 Å². The van der Waals surface area contributed by atoms with Crippen LogP contribution in [0.3, 0.4) is 0 Å². The largest absolute Gasteiger partial charge is 0.310 e. The van der Waals surface area contributed by atoms with Crippen LogP contribution in [-0.2, 0) is 10.8 Å². The van der Waals surface area contributed by atoms with Crippen LogP contribution in [0.15, 0.2) is 133 Å². The van der Waals surface area contributed by atoms with Gasteiger partial charge in [0.15, 0.2) is 0 Å². The van der Waals surface area contributed by atoms with E-state index in [0.29, 0.717) is 0 Å². The Morgan fingerprint density at radius 2 is 0.696 bits per heavy atom. The monoisotopic (exact) mass is 596 g/mol. The maximum atomic E-state index is 2.45. The van der Waals surface area contributed by atoms with E-state index in [0.717, 1.165) is 0 Å². The van der Waals surface area contributed by atoms with Gasteiger partial charge in [-0.3, -0.25) is 0 Å². The van der Waals surface area contributed by atoms with E-state index in [-0.39, 0.29) is 10.8 Å².